The molecule has 1 aliphatic rings. The lowest BCUT2D eigenvalue weighted by Crippen LogP contribution is -2.31. The molecule has 0 aliphatic carbocycles. The van der Waals surface area contributed by atoms with Crippen LogP contribution in [0.1, 0.15) is 48.5 Å². The van der Waals surface area contributed by atoms with Gasteiger partial charge in [0.05, 0.1) is 5.56 Å². The van der Waals surface area contributed by atoms with Crippen molar-refractivity contribution in [1.29, 1.82) is 0 Å². The number of carbonyl (C=O) groups is 1. The Hall–Kier alpha value is -1.47. The number of amides is 1. The highest BCUT2D eigenvalue weighted by Gasteiger charge is 2.33. The van der Waals surface area contributed by atoms with E-state index >= 15 is 0 Å². The van der Waals surface area contributed by atoms with Gasteiger partial charge in [-0.25, -0.2) is 0 Å². The van der Waals surface area contributed by atoms with E-state index < -0.39 is 18.0 Å². The summed E-state index contributed by atoms with van der Waals surface area (Å²) in [6, 6.07) is 4.20. The van der Waals surface area contributed by atoms with Gasteiger partial charge in [-0.1, -0.05) is 6.07 Å². The Labute approximate surface area is 145 Å². The van der Waals surface area contributed by atoms with E-state index in [1.165, 1.54) is 12.1 Å². The van der Waals surface area contributed by atoms with Gasteiger partial charge in [0.1, 0.15) is 5.75 Å². The Bertz CT molecular complexity index is 559. The number of halogens is 4. The van der Waals surface area contributed by atoms with Gasteiger partial charge in [0, 0.05) is 6.04 Å². The molecular formula is C16H22ClF3N2O2. The largest absolute Gasteiger partial charge is 0.573 e. The van der Waals surface area contributed by atoms with Crippen molar-refractivity contribution in [3.05, 3.63) is 29.3 Å². The number of hydrogen-bond acceptors (Lipinski definition) is 3. The molecule has 4 nitrogen and oxygen atoms in total. The van der Waals surface area contributed by atoms with E-state index in [0.717, 1.165) is 31.5 Å². The molecule has 2 N–H and O–H groups in total. The monoisotopic (exact) mass is 366 g/mol. The third-order valence-electron chi connectivity index (χ3n) is 3.70. The third kappa shape index (κ3) is 5.87. The number of ether oxygens (including phenoxy) is 1. The predicted molar refractivity (Wildman–Crippen MR) is 87.8 cm³/mol. The van der Waals surface area contributed by atoms with Crippen LogP contribution in [0.5, 0.6) is 5.75 Å². The molecule has 136 valence electrons. The van der Waals surface area contributed by atoms with Crippen LogP contribution in [0.4, 0.5) is 13.2 Å². The van der Waals surface area contributed by atoms with Crippen LogP contribution in [0.15, 0.2) is 18.2 Å². The molecule has 0 atom stereocenters. The van der Waals surface area contributed by atoms with Gasteiger partial charge in [0.25, 0.3) is 5.91 Å². The molecule has 0 saturated carbocycles. The number of nitrogens with one attached hydrogen (secondary N) is 2. The van der Waals surface area contributed by atoms with Crippen molar-refractivity contribution in [2.75, 3.05) is 13.1 Å². The van der Waals surface area contributed by atoms with Gasteiger partial charge in [-0.15, -0.1) is 25.6 Å². The predicted octanol–water partition coefficient (Wildman–Crippen LogP) is 3.61. The van der Waals surface area contributed by atoms with E-state index in [0.29, 0.717) is 0 Å². The van der Waals surface area contributed by atoms with Crippen LogP contribution in [0.2, 0.25) is 0 Å². The first-order valence-electron chi connectivity index (χ1n) is 7.67. The quantitative estimate of drug-likeness (QED) is 0.855. The minimum Gasteiger partial charge on any atom is -0.405 e. The molecule has 8 heteroatoms. The summed E-state index contributed by atoms with van der Waals surface area (Å²) < 4.78 is 41.6. The van der Waals surface area contributed by atoms with E-state index in [9.17, 15) is 18.0 Å². The fourth-order valence-electron chi connectivity index (χ4n) is 2.69. The molecule has 1 aromatic carbocycles. The first-order chi connectivity index (χ1) is 10.8. The molecule has 2 rings (SSSR count). The van der Waals surface area contributed by atoms with E-state index in [4.69, 9.17) is 0 Å². The first kappa shape index (κ1) is 20.6. The zero-order valence-corrected chi connectivity index (χ0v) is 14.4. The van der Waals surface area contributed by atoms with Crippen molar-refractivity contribution in [1.82, 2.24) is 10.6 Å². The maximum Gasteiger partial charge on any atom is 0.573 e. The standard InChI is InChI=1S/C16H21F3N2O2.ClH/c1-10(2)21-15(22)13-9-12(11-5-7-20-8-6-11)3-4-14(13)23-16(17,18)19;/h3-4,9-11,20H,5-8H2,1-2H3,(H,21,22);1H. The fraction of sp³-hybridized carbons (Fsp3) is 0.562. The van der Waals surface area contributed by atoms with E-state index in [-0.39, 0.29) is 29.9 Å². The van der Waals surface area contributed by atoms with Crippen molar-refractivity contribution in [2.45, 2.75) is 45.0 Å². The smallest absolute Gasteiger partial charge is 0.405 e. The normalized spacial score (nSPS) is 15.8. The van der Waals surface area contributed by atoms with E-state index in [1.807, 2.05) is 0 Å². The minimum absolute atomic E-state index is 0. The summed E-state index contributed by atoms with van der Waals surface area (Å²) in [6.45, 7) is 5.22. The minimum atomic E-state index is -4.83. The van der Waals surface area contributed by atoms with E-state index in [1.54, 1.807) is 19.9 Å². The van der Waals surface area contributed by atoms with Gasteiger partial charge in [0.15, 0.2) is 0 Å². The van der Waals surface area contributed by atoms with Gasteiger partial charge in [-0.05, 0) is 63.4 Å². The molecule has 0 aromatic heterocycles. The van der Waals surface area contributed by atoms with Gasteiger partial charge in [0.2, 0.25) is 0 Å². The van der Waals surface area contributed by atoms with Gasteiger partial charge >= 0.3 is 6.36 Å². The van der Waals surface area contributed by atoms with Crippen LogP contribution in [0.25, 0.3) is 0 Å². The molecule has 1 aliphatic heterocycles. The lowest BCUT2D eigenvalue weighted by atomic mass is 9.89. The first-order valence-corrected chi connectivity index (χ1v) is 7.67. The molecule has 0 unspecified atom stereocenters. The summed E-state index contributed by atoms with van der Waals surface area (Å²) in [5.41, 5.74) is 0.794. The highest BCUT2D eigenvalue weighted by atomic mass is 35.5. The van der Waals surface area contributed by atoms with Gasteiger partial charge in [-0.2, -0.15) is 0 Å². The van der Waals surface area contributed by atoms with Crippen LogP contribution in [-0.2, 0) is 0 Å². The number of hydrogen-bond donors (Lipinski definition) is 2. The Morgan fingerprint density at radius 2 is 1.92 bits per heavy atom. The average molecular weight is 367 g/mol. The summed E-state index contributed by atoms with van der Waals surface area (Å²) in [5, 5.41) is 5.85. The molecular weight excluding hydrogens is 345 g/mol. The fourth-order valence-corrected chi connectivity index (χ4v) is 2.69. The Kier molecular flexibility index (Phi) is 7.35. The molecule has 0 spiro atoms. The highest BCUT2D eigenvalue weighted by molar-refractivity contribution is 5.97. The molecule has 1 fully saturated rings. The van der Waals surface area contributed by atoms with Crippen LogP contribution in [0.3, 0.4) is 0 Å². The number of carbonyl (C=O) groups excluding carboxylic acids is 1. The number of piperidine rings is 1. The summed E-state index contributed by atoms with van der Waals surface area (Å²) in [5.74, 6) is -0.787. The lowest BCUT2D eigenvalue weighted by molar-refractivity contribution is -0.274. The number of rotatable bonds is 4. The van der Waals surface area contributed by atoms with E-state index in [2.05, 4.69) is 15.4 Å². The van der Waals surface area contributed by atoms with Crippen molar-refractivity contribution in [3.8, 4) is 5.75 Å². The number of benzene rings is 1. The van der Waals surface area contributed by atoms with Crippen LogP contribution < -0.4 is 15.4 Å². The second-order valence-electron chi connectivity index (χ2n) is 5.96. The van der Waals surface area contributed by atoms with Gasteiger partial charge < -0.3 is 15.4 Å². The molecule has 1 amide bonds. The molecule has 0 radical (unpaired) electrons. The van der Waals surface area contributed by atoms with Gasteiger partial charge in [-0.3, -0.25) is 4.79 Å². The Balaban J connectivity index is 0.00000288. The average Bonchev–Trinajstić information content (AvgIpc) is 2.46. The second-order valence-corrected chi connectivity index (χ2v) is 5.96. The number of alkyl halides is 3. The maximum absolute atomic E-state index is 12.5. The molecule has 0 bridgehead atoms. The summed E-state index contributed by atoms with van der Waals surface area (Å²) >= 11 is 0. The maximum atomic E-state index is 12.5. The zero-order chi connectivity index (χ0) is 17.0. The Morgan fingerprint density at radius 3 is 2.46 bits per heavy atom. The van der Waals surface area contributed by atoms with Crippen molar-refractivity contribution < 1.29 is 22.7 Å². The topological polar surface area (TPSA) is 50.4 Å². The van der Waals surface area contributed by atoms with Crippen molar-refractivity contribution in [2.24, 2.45) is 0 Å². The summed E-state index contributed by atoms with van der Waals surface area (Å²) in [6.07, 6.45) is -3.04. The molecule has 1 aromatic rings. The van der Waals surface area contributed by atoms with Crippen LogP contribution in [-0.4, -0.2) is 31.4 Å². The highest BCUT2D eigenvalue weighted by Crippen LogP contribution is 2.32. The second kappa shape index (κ2) is 8.58. The molecule has 1 saturated heterocycles. The summed E-state index contributed by atoms with van der Waals surface area (Å²) in [4.78, 5) is 12.2. The van der Waals surface area contributed by atoms with Crippen LogP contribution in [0, 0.1) is 0 Å². The third-order valence-corrected chi connectivity index (χ3v) is 3.70. The van der Waals surface area contributed by atoms with Crippen molar-refractivity contribution >= 4 is 18.3 Å². The Morgan fingerprint density at radius 1 is 1.29 bits per heavy atom. The van der Waals surface area contributed by atoms with Crippen LogP contribution >= 0.6 is 12.4 Å². The molecule has 24 heavy (non-hydrogen) atoms. The lowest BCUT2D eigenvalue weighted by Gasteiger charge is -2.24. The zero-order valence-electron chi connectivity index (χ0n) is 13.6. The molecule has 1 heterocycles. The summed E-state index contributed by atoms with van der Waals surface area (Å²) in [7, 11) is 0. The SMILES string of the molecule is CC(C)NC(=O)c1cc(C2CCNCC2)ccc1OC(F)(F)F.Cl. The van der Waals surface area contributed by atoms with Crippen molar-refractivity contribution in [3.63, 3.8) is 0 Å².